The van der Waals surface area contributed by atoms with Crippen LogP contribution < -0.4 is 9.64 Å². The van der Waals surface area contributed by atoms with Crippen molar-refractivity contribution in [1.29, 1.82) is 0 Å². The van der Waals surface area contributed by atoms with Crippen molar-refractivity contribution in [3.8, 4) is 5.75 Å². The van der Waals surface area contributed by atoms with E-state index in [1.165, 1.54) is 23.3 Å². The van der Waals surface area contributed by atoms with E-state index in [1.54, 1.807) is 12.1 Å². The summed E-state index contributed by atoms with van der Waals surface area (Å²) in [5, 5.41) is 4.23. The van der Waals surface area contributed by atoms with Crippen LogP contribution in [0.5, 0.6) is 5.75 Å². The van der Waals surface area contributed by atoms with E-state index in [4.69, 9.17) is 9.26 Å². The maximum atomic E-state index is 13.3. The summed E-state index contributed by atoms with van der Waals surface area (Å²) < 4.78 is 24.5. The van der Waals surface area contributed by atoms with Gasteiger partial charge in [0.1, 0.15) is 11.6 Å². The highest BCUT2D eigenvalue weighted by Crippen LogP contribution is 2.31. The third-order valence-electron chi connectivity index (χ3n) is 6.34. The number of fused-ring (bicyclic) bond motifs is 1. The lowest BCUT2D eigenvalue weighted by molar-refractivity contribution is 0.242. The van der Waals surface area contributed by atoms with E-state index < -0.39 is 5.41 Å². The normalized spacial score (nSPS) is 16.9. The fraction of sp³-hybridized carbons (Fsp3) is 0.417. The molecule has 0 atom stereocenters. The Morgan fingerprint density at radius 2 is 1.81 bits per heavy atom. The van der Waals surface area contributed by atoms with E-state index in [-0.39, 0.29) is 5.82 Å². The van der Waals surface area contributed by atoms with Gasteiger partial charge in [-0.05, 0) is 48.7 Å². The quantitative estimate of drug-likeness (QED) is 0.624. The van der Waals surface area contributed by atoms with Crippen molar-refractivity contribution < 1.29 is 13.7 Å². The molecule has 1 fully saturated rings. The Balaban J connectivity index is 1.21. The Morgan fingerprint density at radius 1 is 1.03 bits per heavy atom. The molecule has 2 aliphatic rings. The highest BCUT2D eigenvalue weighted by molar-refractivity contribution is 5.40. The van der Waals surface area contributed by atoms with Crippen LogP contribution in [0, 0.1) is 5.82 Å². The smallest absolute Gasteiger partial charge is 0.324 e. The Hall–Kier alpha value is -2.93. The number of aromatic nitrogens is 2. The van der Waals surface area contributed by atoms with Gasteiger partial charge < -0.3 is 14.2 Å². The Labute approximate surface area is 181 Å². The molecular weight excluding hydrogens is 395 g/mol. The molecule has 1 aromatic heterocycles. The number of hydrogen-bond acceptors (Lipinski definition) is 6. The lowest BCUT2D eigenvalue weighted by Crippen LogP contribution is -2.46. The van der Waals surface area contributed by atoms with E-state index >= 15 is 0 Å². The molecule has 0 bridgehead atoms. The molecule has 0 unspecified atom stereocenters. The van der Waals surface area contributed by atoms with Crippen LogP contribution in [-0.2, 0) is 18.4 Å². The van der Waals surface area contributed by atoms with Crippen LogP contribution in [0.3, 0.4) is 0 Å². The molecule has 7 heteroatoms. The molecule has 3 aromatic rings. The predicted molar refractivity (Wildman–Crippen MR) is 116 cm³/mol. The first kappa shape index (κ1) is 20.0. The molecule has 0 saturated carbocycles. The largest absolute Gasteiger partial charge is 0.493 e. The number of halogens is 1. The minimum Gasteiger partial charge on any atom is -0.493 e. The number of hydrogen-bond donors (Lipinski definition) is 0. The molecule has 2 aromatic carbocycles. The van der Waals surface area contributed by atoms with Crippen molar-refractivity contribution in [3.63, 3.8) is 0 Å². The topological polar surface area (TPSA) is 54.6 Å². The van der Waals surface area contributed by atoms with Gasteiger partial charge in [-0.3, -0.25) is 4.90 Å². The van der Waals surface area contributed by atoms with Gasteiger partial charge in [-0.1, -0.05) is 29.4 Å². The number of ether oxygens (including phenoxy) is 1. The van der Waals surface area contributed by atoms with Crippen LogP contribution in [0.25, 0.3) is 0 Å². The van der Waals surface area contributed by atoms with Gasteiger partial charge in [0.15, 0.2) is 5.82 Å². The molecule has 6 nitrogen and oxygen atoms in total. The van der Waals surface area contributed by atoms with Gasteiger partial charge in [0, 0.05) is 39.1 Å². The van der Waals surface area contributed by atoms with E-state index in [9.17, 15) is 4.39 Å². The maximum Gasteiger partial charge on any atom is 0.324 e. The fourth-order valence-corrected chi connectivity index (χ4v) is 4.29. The van der Waals surface area contributed by atoms with Gasteiger partial charge in [0.25, 0.3) is 0 Å². The van der Waals surface area contributed by atoms with Crippen LogP contribution in [0.15, 0.2) is 47.0 Å². The first-order valence-corrected chi connectivity index (χ1v) is 10.8. The molecule has 5 rings (SSSR count). The van der Waals surface area contributed by atoms with Gasteiger partial charge in [0.05, 0.1) is 12.0 Å². The Bertz CT molecular complexity index is 1060. The van der Waals surface area contributed by atoms with Crippen molar-refractivity contribution in [2.45, 2.75) is 32.2 Å². The fourth-order valence-electron chi connectivity index (χ4n) is 4.29. The zero-order chi connectivity index (χ0) is 21.4. The summed E-state index contributed by atoms with van der Waals surface area (Å²) in [4.78, 5) is 9.27. The van der Waals surface area contributed by atoms with E-state index in [0.717, 1.165) is 57.1 Å². The standard InChI is InChI=1S/C24H27FN4O2/c1-24(2,19-4-6-20(25)7-5-19)22-26-23(31-27-22)29-12-10-28(11-13-29)16-17-3-8-21-18(15-17)9-14-30-21/h3-8,15H,9-14,16H2,1-2H3. The number of piperazine rings is 1. The molecule has 0 aliphatic carbocycles. The number of nitrogens with zero attached hydrogens (tertiary/aromatic N) is 4. The number of benzene rings is 2. The second-order valence-electron chi connectivity index (χ2n) is 8.84. The van der Waals surface area contributed by atoms with Gasteiger partial charge in [-0.25, -0.2) is 4.39 Å². The molecule has 0 spiro atoms. The number of anilines is 1. The SMILES string of the molecule is CC(C)(c1ccc(F)cc1)c1noc(N2CCN(Cc3ccc4c(c3)CCO4)CC2)n1. The summed E-state index contributed by atoms with van der Waals surface area (Å²) in [6.07, 6.45) is 1.00. The van der Waals surface area contributed by atoms with Crippen molar-refractivity contribution in [3.05, 3.63) is 70.8 Å². The minimum atomic E-state index is -0.464. The van der Waals surface area contributed by atoms with Crippen LogP contribution in [0.1, 0.15) is 36.4 Å². The second-order valence-corrected chi connectivity index (χ2v) is 8.84. The van der Waals surface area contributed by atoms with Crippen LogP contribution in [-0.4, -0.2) is 47.8 Å². The molecule has 162 valence electrons. The highest BCUT2D eigenvalue weighted by atomic mass is 19.1. The first-order chi connectivity index (χ1) is 15.0. The maximum absolute atomic E-state index is 13.3. The van der Waals surface area contributed by atoms with Gasteiger partial charge in [0.2, 0.25) is 0 Å². The molecule has 0 radical (unpaired) electrons. The van der Waals surface area contributed by atoms with E-state index in [0.29, 0.717) is 11.8 Å². The summed E-state index contributed by atoms with van der Waals surface area (Å²) in [5.41, 5.74) is 3.14. The average Bonchev–Trinajstić information content (AvgIpc) is 3.44. The van der Waals surface area contributed by atoms with E-state index in [1.807, 2.05) is 13.8 Å². The Kier molecular flexibility index (Phi) is 5.14. The van der Waals surface area contributed by atoms with E-state index in [2.05, 4.69) is 38.1 Å². The molecule has 0 amide bonds. The summed E-state index contributed by atoms with van der Waals surface area (Å²) in [6.45, 7) is 9.33. The van der Waals surface area contributed by atoms with Crippen molar-refractivity contribution in [2.24, 2.45) is 0 Å². The lowest BCUT2D eigenvalue weighted by atomic mass is 9.84. The molecule has 1 saturated heterocycles. The van der Waals surface area contributed by atoms with Crippen molar-refractivity contribution in [1.82, 2.24) is 15.0 Å². The molecule has 31 heavy (non-hydrogen) atoms. The molecule has 3 heterocycles. The monoisotopic (exact) mass is 422 g/mol. The van der Waals surface area contributed by atoms with Crippen LogP contribution in [0.2, 0.25) is 0 Å². The number of rotatable bonds is 5. The first-order valence-electron chi connectivity index (χ1n) is 10.8. The molecule has 0 N–H and O–H groups in total. The van der Waals surface area contributed by atoms with Crippen molar-refractivity contribution >= 4 is 6.01 Å². The Morgan fingerprint density at radius 3 is 2.58 bits per heavy atom. The summed E-state index contributed by atoms with van der Waals surface area (Å²) in [6, 6.07) is 13.6. The van der Waals surface area contributed by atoms with Gasteiger partial charge >= 0.3 is 6.01 Å². The molecule has 2 aliphatic heterocycles. The van der Waals surface area contributed by atoms with Gasteiger partial charge in [-0.15, -0.1) is 0 Å². The zero-order valence-corrected chi connectivity index (χ0v) is 18.0. The highest BCUT2D eigenvalue weighted by Gasteiger charge is 2.31. The third-order valence-corrected chi connectivity index (χ3v) is 6.34. The zero-order valence-electron chi connectivity index (χ0n) is 18.0. The van der Waals surface area contributed by atoms with Crippen molar-refractivity contribution in [2.75, 3.05) is 37.7 Å². The van der Waals surface area contributed by atoms with Gasteiger partial charge in [-0.2, -0.15) is 4.98 Å². The third kappa shape index (κ3) is 4.02. The molecular formula is C24H27FN4O2. The summed E-state index contributed by atoms with van der Waals surface area (Å²) in [7, 11) is 0. The lowest BCUT2D eigenvalue weighted by Gasteiger charge is -2.33. The summed E-state index contributed by atoms with van der Waals surface area (Å²) >= 11 is 0. The second kappa shape index (κ2) is 7.96. The minimum absolute atomic E-state index is 0.251. The van der Waals surface area contributed by atoms with Crippen LogP contribution in [0.4, 0.5) is 10.4 Å². The van der Waals surface area contributed by atoms with Crippen LogP contribution >= 0.6 is 0 Å². The average molecular weight is 423 g/mol. The predicted octanol–water partition coefficient (Wildman–Crippen LogP) is 3.79. The summed E-state index contributed by atoms with van der Waals surface area (Å²) in [5.74, 6) is 1.39.